The van der Waals surface area contributed by atoms with Gasteiger partial charge in [0.25, 0.3) is 0 Å². The lowest BCUT2D eigenvalue weighted by atomic mass is 10.1. The molecule has 140 valence electrons. The number of rotatable bonds is 6. The predicted octanol–water partition coefficient (Wildman–Crippen LogP) is 5.16. The lowest BCUT2D eigenvalue weighted by Gasteiger charge is -2.27. The summed E-state index contributed by atoms with van der Waals surface area (Å²) in [4.78, 5) is 3.61. The molecule has 1 aliphatic rings. The van der Waals surface area contributed by atoms with E-state index in [1.807, 2.05) is 30.5 Å². The van der Waals surface area contributed by atoms with E-state index >= 15 is 0 Å². The summed E-state index contributed by atoms with van der Waals surface area (Å²) in [5.74, 6) is 0.795. The summed E-state index contributed by atoms with van der Waals surface area (Å²) in [6.07, 6.45) is 7.44. The molecule has 1 saturated heterocycles. The summed E-state index contributed by atoms with van der Waals surface area (Å²) in [6.45, 7) is 2.32. The van der Waals surface area contributed by atoms with Crippen molar-refractivity contribution in [2.45, 2.75) is 30.2 Å². The molecule has 0 saturated carbocycles. The fourth-order valence-corrected chi connectivity index (χ4v) is 4.81. The number of thiophene rings is 1. The normalized spacial score (nSPS) is 14.9. The number of anilines is 1. The molecule has 1 aliphatic heterocycles. The zero-order chi connectivity index (χ0) is 18.5. The Bertz CT molecular complexity index is 897. The van der Waals surface area contributed by atoms with Crippen molar-refractivity contribution in [2.75, 3.05) is 18.0 Å². The molecule has 3 aromatic rings. The van der Waals surface area contributed by atoms with Gasteiger partial charge in [-0.2, -0.15) is 9.78 Å². The molecule has 1 fully saturated rings. The summed E-state index contributed by atoms with van der Waals surface area (Å²) >= 11 is 9.32. The number of hydrogen-bond donors (Lipinski definition) is 0. The van der Waals surface area contributed by atoms with Crippen molar-refractivity contribution in [3.63, 3.8) is 0 Å². The van der Waals surface area contributed by atoms with Crippen molar-refractivity contribution in [3.8, 4) is 0 Å². The summed E-state index contributed by atoms with van der Waals surface area (Å²) in [6, 6.07) is 12.2. The van der Waals surface area contributed by atoms with Crippen LogP contribution in [0.5, 0.6) is 0 Å². The van der Waals surface area contributed by atoms with E-state index in [1.165, 1.54) is 29.8 Å². The molecule has 0 bridgehead atoms. The van der Waals surface area contributed by atoms with Crippen molar-refractivity contribution >= 4 is 45.9 Å². The van der Waals surface area contributed by atoms with Gasteiger partial charge in [-0.15, -0.1) is 21.5 Å². The molecule has 0 radical (unpaired) electrons. The first-order valence-corrected chi connectivity index (χ1v) is 11.1. The van der Waals surface area contributed by atoms with Gasteiger partial charge in [0.1, 0.15) is 6.33 Å². The Morgan fingerprint density at radius 3 is 2.74 bits per heavy atom. The highest BCUT2D eigenvalue weighted by Crippen LogP contribution is 2.28. The SMILES string of the molecule is Clc1ccc(CSc2nncn2/N=C\c2ccc(N3CCCCC3)s2)cc1. The second-order valence-electron chi connectivity index (χ2n) is 6.34. The van der Waals surface area contributed by atoms with E-state index in [9.17, 15) is 0 Å². The molecule has 8 heteroatoms. The van der Waals surface area contributed by atoms with E-state index < -0.39 is 0 Å². The van der Waals surface area contributed by atoms with Crippen LogP contribution in [0, 0.1) is 0 Å². The van der Waals surface area contributed by atoms with Crippen LogP contribution in [0.15, 0.2) is 53.0 Å². The molecule has 27 heavy (non-hydrogen) atoms. The molecule has 0 N–H and O–H groups in total. The molecule has 2 aromatic heterocycles. The third kappa shape index (κ3) is 4.91. The zero-order valence-corrected chi connectivity index (χ0v) is 17.2. The molecule has 3 heterocycles. The van der Waals surface area contributed by atoms with E-state index in [2.05, 4.69) is 32.3 Å². The van der Waals surface area contributed by atoms with Crippen LogP contribution < -0.4 is 4.90 Å². The number of nitrogens with zero attached hydrogens (tertiary/aromatic N) is 5. The van der Waals surface area contributed by atoms with Crippen LogP contribution in [0.3, 0.4) is 0 Å². The number of piperidine rings is 1. The quantitative estimate of drug-likeness (QED) is 0.410. The topological polar surface area (TPSA) is 46.3 Å². The van der Waals surface area contributed by atoms with Gasteiger partial charge >= 0.3 is 0 Å². The Balaban J connectivity index is 1.39. The first kappa shape index (κ1) is 18.5. The fraction of sp³-hybridized carbons (Fsp3) is 0.316. The summed E-state index contributed by atoms with van der Waals surface area (Å²) in [7, 11) is 0. The first-order chi connectivity index (χ1) is 13.3. The average molecular weight is 418 g/mol. The van der Waals surface area contributed by atoms with Gasteiger partial charge in [-0.05, 0) is 49.1 Å². The van der Waals surface area contributed by atoms with Crippen LogP contribution in [0.2, 0.25) is 5.02 Å². The van der Waals surface area contributed by atoms with Crippen molar-refractivity contribution in [2.24, 2.45) is 5.10 Å². The molecule has 1 aromatic carbocycles. The number of hydrogen-bond acceptors (Lipinski definition) is 6. The van der Waals surface area contributed by atoms with Crippen molar-refractivity contribution in [3.05, 3.63) is 58.2 Å². The van der Waals surface area contributed by atoms with Crippen LogP contribution in [0.25, 0.3) is 0 Å². The monoisotopic (exact) mass is 417 g/mol. The van der Waals surface area contributed by atoms with Crippen molar-refractivity contribution in [1.82, 2.24) is 14.9 Å². The van der Waals surface area contributed by atoms with Gasteiger partial charge in [0, 0.05) is 28.7 Å². The second kappa shape index (κ2) is 8.91. The van der Waals surface area contributed by atoms with Gasteiger partial charge in [-0.25, -0.2) is 0 Å². The maximum Gasteiger partial charge on any atom is 0.212 e. The summed E-state index contributed by atoms with van der Waals surface area (Å²) < 4.78 is 1.72. The zero-order valence-electron chi connectivity index (χ0n) is 14.8. The van der Waals surface area contributed by atoms with E-state index in [1.54, 1.807) is 34.1 Å². The minimum absolute atomic E-state index is 0.747. The minimum atomic E-state index is 0.747. The number of aromatic nitrogens is 3. The average Bonchev–Trinajstić information content (AvgIpc) is 3.36. The molecule has 5 nitrogen and oxygen atoms in total. The number of thioether (sulfide) groups is 1. The van der Waals surface area contributed by atoms with E-state index in [0.29, 0.717) is 0 Å². The highest BCUT2D eigenvalue weighted by Gasteiger charge is 2.12. The van der Waals surface area contributed by atoms with Gasteiger partial charge < -0.3 is 4.90 Å². The highest BCUT2D eigenvalue weighted by atomic mass is 35.5. The Morgan fingerprint density at radius 2 is 1.93 bits per heavy atom. The van der Waals surface area contributed by atoms with Crippen LogP contribution in [0.4, 0.5) is 5.00 Å². The maximum atomic E-state index is 5.93. The minimum Gasteiger partial charge on any atom is -0.363 e. The third-order valence-electron chi connectivity index (χ3n) is 4.37. The molecular formula is C19H20ClN5S2. The highest BCUT2D eigenvalue weighted by molar-refractivity contribution is 7.98. The van der Waals surface area contributed by atoms with Gasteiger partial charge in [0.2, 0.25) is 5.16 Å². The Hall–Kier alpha value is -1.83. The second-order valence-corrected chi connectivity index (χ2v) is 8.81. The lowest BCUT2D eigenvalue weighted by Crippen LogP contribution is -2.28. The summed E-state index contributed by atoms with van der Waals surface area (Å²) in [5, 5.41) is 15.6. The van der Waals surface area contributed by atoms with Gasteiger partial charge in [-0.3, -0.25) is 0 Å². The van der Waals surface area contributed by atoms with Gasteiger partial charge in [-0.1, -0.05) is 35.5 Å². The Kier molecular flexibility index (Phi) is 6.11. The summed E-state index contributed by atoms with van der Waals surface area (Å²) in [5.41, 5.74) is 1.19. The smallest absolute Gasteiger partial charge is 0.212 e. The van der Waals surface area contributed by atoms with Crippen LogP contribution in [-0.4, -0.2) is 34.2 Å². The van der Waals surface area contributed by atoms with Crippen molar-refractivity contribution in [1.29, 1.82) is 0 Å². The van der Waals surface area contributed by atoms with Crippen LogP contribution >= 0.6 is 34.7 Å². The third-order valence-corrected chi connectivity index (χ3v) is 6.71. The van der Waals surface area contributed by atoms with E-state index in [4.69, 9.17) is 11.6 Å². The fourth-order valence-electron chi connectivity index (χ4n) is 2.94. The number of benzene rings is 1. The standard InChI is InChI=1S/C19H20ClN5S2/c20-16-6-4-15(5-7-16)13-26-19-23-21-14-25(19)22-12-17-8-9-18(27-17)24-10-2-1-3-11-24/h4-9,12,14H,1-3,10-11,13H2/b22-12-. The predicted molar refractivity (Wildman–Crippen MR) is 114 cm³/mol. The maximum absolute atomic E-state index is 5.93. The van der Waals surface area contributed by atoms with Crippen LogP contribution in [-0.2, 0) is 5.75 Å². The first-order valence-electron chi connectivity index (χ1n) is 8.94. The largest absolute Gasteiger partial charge is 0.363 e. The van der Waals surface area contributed by atoms with Crippen LogP contribution in [0.1, 0.15) is 29.7 Å². The Morgan fingerprint density at radius 1 is 1.11 bits per heavy atom. The van der Waals surface area contributed by atoms with Crippen molar-refractivity contribution < 1.29 is 0 Å². The number of halogens is 1. The van der Waals surface area contributed by atoms with E-state index in [-0.39, 0.29) is 0 Å². The molecule has 4 rings (SSSR count). The molecule has 0 amide bonds. The molecule has 0 unspecified atom stereocenters. The van der Waals surface area contributed by atoms with Gasteiger partial charge in [0.05, 0.1) is 11.2 Å². The molecular weight excluding hydrogens is 398 g/mol. The van der Waals surface area contributed by atoms with Gasteiger partial charge in [0.15, 0.2) is 0 Å². The molecule has 0 spiro atoms. The molecule has 0 atom stereocenters. The lowest BCUT2D eigenvalue weighted by molar-refractivity contribution is 0.580. The Labute approximate surface area is 172 Å². The van der Waals surface area contributed by atoms with E-state index in [0.717, 1.165) is 33.9 Å². The molecule has 0 aliphatic carbocycles.